The van der Waals surface area contributed by atoms with Gasteiger partial charge in [0, 0.05) is 5.92 Å². The first-order chi connectivity index (χ1) is 8.13. The maximum Gasteiger partial charge on any atom is 0.310 e. The summed E-state index contributed by atoms with van der Waals surface area (Å²) in [6.07, 6.45) is 0. The zero-order chi connectivity index (χ0) is 11.4. The van der Waals surface area contributed by atoms with Crippen LogP contribution in [-0.2, 0) is 14.3 Å². The Hall–Kier alpha value is -0.130. The molecule has 90 valence electrons. The van der Waals surface area contributed by atoms with Gasteiger partial charge in [0.2, 0.25) is 0 Å². The summed E-state index contributed by atoms with van der Waals surface area (Å²) in [7, 11) is 0. The lowest BCUT2D eigenvalue weighted by molar-refractivity contribution is -0.421. The second-order valence-corrected chi connectivity index (χ2v) is 7.84. The van der Waals surface area contributed by atoms with Gasteiger partial charge in [-0.05, 0) is 29.6 Å². The van der Waals surface area contributed by atoms with Crippen LogP contribution in [0.25, 0.3) is 0 Å². The standard InChI is InChI=1S/C12H11BrO4/c13-11-6-3-7(11)5-8(12(11)16-1-2-17-12)4(6)10(3,5)9(14)15/h3-8H,1-2H2,(H,14,15)/t3?,4-,5-,6-,7+,8?,10?,11?/m0/s1. The summed E-state index contributed by atoms with van der Waals surface area (Å²) in [6, 6.07) is 0. The van der Waals surface area contributed by atoms with Crippen LogP contribution in [0.4, 0.5) is 0 Å². The Morgan fingerprint density at radius 3 is 2.12 bits per heavy atom. The molecule has 6 aliphatic carbocycles. The predicted molar refractivity (Wildman–Crippen MR) is 57.3 cm³/mol. The van der Waals surface area contributed by atoms with Gasteiger partial charge >= 0.3 is 5.97 Å². The molecule has 6 saturated carbocycles. The Balaban J connectivity index is 1.59. The van der Waals surface area contributed by atoms with E-state index in [0.29, 0.717) is 48.7 Å². The molecule has 17 heavy (non-hydrogen) atoms. The number of carboxylic acid groups (broad SMARTS) is 1. The predicted octanol–water partition coefficient (Wildman–Crippen LogP) is 0.699. The van der Waals surface area contributed by atoms with E-state index in [1.165, 1.54) is 0 Å². The van der Waals surface area contributed by atoms with E-state index in [1.54, 1.807) is 0 Å². The van der Waals surface area contributed by atoms with Crippen molar-refractivity contribution in [3.8, 4) is 0 Å². The molecule has 5 heteroatoms. The molecule has 0 radical (unpaired) electrons. The molecule has 2 bridgehead atoms. The number of hydrogen-bond acceptors (Lipinski definition) is 3. The van der Waals surface area contributed by atoms with Crippen LogP contribution in [0, 0.1) is 40.9 Å². The molecule has 1 N–H and O–H groups in total. The van der Waals surface area contributed by atoms with Crippen molar-refractivity contribution in [2.75, 3.05) is 13.2 Å². The quantitative estimate of drug-likeness (QED) is 0.724. The number of hydrogen-bond donors (Lipinski definition) is 1. The van der Waals surface area contributed by atoms with Gasteiger partial charge in [0.1, 0.15) is 0 Å². The normalized spacial score (nSPS) is 73.5. The summed E-state index contributed by atoms with van der Waals surface area (Å²) in [5, 5.41) is 9.51. The molecule has 1 saturated heterocycles. The molecule has 4 nitrogen and oxygen atoms in total. The van der Waals surface area contributed by atoms with Gasteiger partial charge in [0.25, 0.3) is 0 Å². The number of carbonyl (C=O) groups is 1. The highest BCUT2D eigenvalue weighted by Crippen LogP contribution is 3.04. The topological polar surface area (TPSA) is 55.8 Å². The molecule has 1 spiro atoms. The molecule has 8 atom stereocenters. The van der Waals surface area contributed by atoms with Crippen molar-refractivity contribution in [3.05, 3.63) is 0 Å². The summed E-state index contributed by atoms with van der Waals surface area (Å²) < 4.78 is 11.9. The van der Waals surface area contributed by atoms with E-state index in [2.05, 4.69) is 15.9 Å². The second kappa shape index (κ2) is 1.91. The lowest BCUT2D eigenvalue weighted by Crippen LogP contribution is -2.94. The minimum Gasteiger partial charge on any atom is -0.481 e. The van der Waals surface area contributed by atoms with E-state index < -0.39 is 11.8 Å². The van der Waals surface area contributed by atoms with Crippen LogP contribution in [-0.4, -0.2) is 34.4 Å². The molecule has 0 aromatic carbocycles. The van der Waals surface area contributed by atoms with E-state index in [1.807, 2.05) is 0 Å². The van der Waals surface area contributed by atoms with Crippen molar-refractivity contribution in [2.24, 2.45) is 40.9 Å². The fourth-order valence-corrected chi connectivity index (χ4v) is 8.68. The van der Waals surface area contributed by atoms with Crippen molar-refractivity contribution in [2.45, 2.75) is 10.1 Å². The van der Waals surface area contributed by atoms with Crippen molar-refractivity contribution in [3.63, 3.8) is 0 Å². The van der Waals surface area contributed by atoms with Crippen LogP contribution in [0.5, 0.6) is 0 Å². The Bertz CT molecular complexity index is 491. The zero-order valence-corrected chi connectivity index (χ0v) is 10.5. The third-order valence-corrected chi connectivity index (χ3v) is 8.62. The molecule has 1 heterocycles. The van der Waals surface area contributed by atoms with Crippen LogP contribution in [0.1, 0.15) is 0 Å². The average Bonchev–Trinajstić information content (AvgIpc) is 2.78. The Morgan fingerprint density at radius 1 is 1.06 bits per heavy atom. The van der Waals surface area contributed by atoms with Crippen LogP contribution < -0.4 is 0 Å². The van der Waals surface area contributed by atoms with E-state index in [0.717, 1.165) is 0 Å². The number of ether oxygens (including phenoxy) is 2. The monoisotopic (exact) mass is 298 g/mol. The molecule has 7 rings (SSSR count). The summed E-state index contributed by atoms with van der Waals surface area (Å²) in [5.74, 6) is 1.36. The molecule has 4 unspecified atom stereocenters. The molecular formula is C12H11BrO4. The van der Waals surface area contributed by atoms with Gasteiger partial charge in [0.05, 0.1) is 23.0 Å². The highest BCUT2D eigenvalue weighted by Gasteiger charge is 3.10. The van der Waals surface area contributed by atoms with E-state index >= 15 is 0 Å². The van der Waals surface area contributed by atoms with Crippen molar-refractivity contribution in [1.82, 2.24) is 0 Å². The Morgan fingerprint density at radius 2 is 1.59 bits per heavy atom. The van der Waals surface area contributed by atoms with Crippen molar-refractivity contribution < 1.29 is 19.4 Å². The second-order valence-electron chi connectivity index (χ2n) is 6.53. The number of alkyl halides is 1. The minimum atomic E-state index is -0.564. The van der Waals surface area contributed by atoms with Gasteiger partial charge in [-0.2, -0.15) is 0 Å². The smallest absolute Gasteiger partial charge is 0.310 e. The van der Waals surface area contributed by atoms with E-state index in [9.17, 15) is 9.90 Å². The zero-order valence-electron chi connectivity index (χ0n) is 8.93. The third kappa shape index (κ3) is 0.434. The maximum atomic E-state index is 11.5. The van der Waals surface area contributed by atoms with Gasteiger partial charge in [0.15, 0.2) is 5.79 Å². The molecule has 7 aliphatic rings. The maximum absolute atomic E-state index is 11.5. The number of carboxylic acids is 1. The van der Waals surface area contributed by atoms with Gasteiger partial charge in [-0.25, -0.2) is 0 Å². The van der Waals surface area contributed by atoms with Crippen molar-refractivity contribution in [1.29, 1.82) is 0 Å². The van der Waals surface area contributed by atoms with Crippen LogP contribution in [0.3, 0.4) is 0 Å². The lowest BCUT2D eigenvalue weighted by atomic mass is 9.13. The van der Waals surface area contributed by atoms with Gasteiger partial charge < -0.3 is 14.6 Å². The molecule has 0 amide bonds. The molecule has 7 fully saturated rings. The molecule has 0 aromatic rings. The fraction of sp³-hybridized carbons (Fsp3) is 0.917. The number of halogens is 1. The minimum absolute atomic E-state index is 0.0433. The summed E-state index contributed by atoms with van der Waals surface area (Å²) in [5.41, 5.74) is -0.365. The first kappa shape index (κ1) is 8.88. The highest BCUT2D eigenvalue weighted by atomic mass is 79.9. The largest absolute Gasteiger partial charge is 0.481 e. The van der Waals surface area contributed by atoms with Gasteiger partial charge in [-0.3, -0.25) is 4.79 Å². The number of rotatable bonds is 1. The highest BCUT2D eigenvalue weighted by molar-refractivity contribution is 9.10. The first-order valence-electron chi connectivity index (χ1n) is 6.33. The SMILES string of the molecule is O=C(O)C12C3[C@@H]4[C@H]1C1[C@@H]2[C@H]3C4(Br)C12OCCO2. The van der Waals surface area contributed by atoms with Crippen LogP contribution >= 0.6 is 15.9 Å². The summed E-state index contributed by atoms with van der Waals surface area (Å²) in [4.78, 5) is 11.5. The lowest BCUT2D eigenvalue weighted by Gasteiger charge is -2.89. The first-order valence-corrected chi connectivity index (χ1v) is 7.13. The van der Waals surface area contributed by atoms with Gasteiger partial charge in [-0.15, -0.1) is 0 Å². The van der Waals surface area contributed by atoms with Crippen molar-refractivity contribution >= 4 is 21.9 Å². The van der Waals surface area contributed by atoms with Crippen LogP contribution in [0.2, 0.25) is 0 Å². The number of aliphatic carboxylic acids is 1. The molecule has 1 aliphatic heterocycles. The third-order valence-electron chi connectivity index (χ3n) is 7.01. The molecule has 0 aromatic heterocycles. The fourth-order valence-electron chi connectivity index (χ4n) is 7.05. The van der Waals surface area contributed by atoms with E-state index in [-0.39, 0.29) is 9.74 Å². The van der Waals surface area contributed by atoms with Gasteiger partial charge in [-0.1, -0.05) is 15.9 Å². The summed E-state index contributed by atoms with van der Waals surface area (Å²) >= 11 is 3.90. The molecular weight excluding hydrogens is 288 g/mol. The van der Waals surface area contributed by atoms with E-state index in [4.69, 9.17) is 9.47 Å². The Kier molecular flexibility index (Phi) is 0.998. The van der Waals surface area contributed by atoms with Crippen LogP contribution in [0.15, 0.2) is 0 Å². The summed E-state index contributed by atoms with van der Waals surface area (Å²) in [6.45, 7) is 1.32. The average molecular weight is 299 g/mol. The Labute approximate surface area is 106 Å².